The molecule has 0 radical (unpaired) electrons. The Labute approximate surface area is 157 Å². The first-order valence-corrected chi connectivity index (χ1v) is 9.97. The minimum atomic E-state index is 0.621. The Kier molecular flexibility index (Phi) is 4.62. The third kappa shape index (κ3) is 3.07. The van der Waals surface area contributed by atoms with E-state index < -0.39 is 0 Å². The molecule has 0 spiro atoms. The molecule has 1 aliphatic heterocycles. The highest BCUT2D eigenvalue weighted by atomic mass is 15.2. The molecule has 1 atom stereocenters. The number of aryl methyl sites for hydroxylation is 4. The molecule has 0 saturated heterocycles. The maximum absolute atomic E-state index is 2.61. The lowest BCUT2D eigenvalue weighted by molar-refractivity contribution is 0.192. The van der Waals surface area contributed by atoms with E-state index in [2.05, 4.69) is 79.6 Å². The van der Waals surface area contributed by atoms with Crippen molar-refractivity contribution >= 4 is 10.9 Å². The molecule has 2 heterocycles. The summed E-state index contributed by atoms with van der Waals surface area (Å²) in [6.45, 7) is 12.3. The molecule has 0 fully saturated rings. The van der Waals surface area contributed by atoms with Gasteiger partial charge in [0.15, 0.2) is 0 Å². The standard InChI is InChI=1S/C24H30N2/c1-5-25-16-22-21-14-18(3)9-10-23(21)26(24(22)15-19(25)4)12-11-20-8-6-7-17(2)13-20/h6-10,13-14,19H,5,11-12,15-16H2,1-4H3. The van der Waals surface area contributed by atoms with E-state index >= 15 is 0 Å². The van der Waals surface area contributed by atoms with E-state index in [0.717, 1.165) is 32.5 Å². The molecule has 26 heavy (non-hydrogen) atoms. The van der Waals surface area contributed by atoms with E-state index in [0.29, 0.717) is 6.04 Å². The summed E-state index contributed by atoms with van der Waals surface area (Å²) in [5.74, 6) is 0. The number of rotatable bonds is 4. The number of fused-ring (bicyclic) bond motifs is 3. The quantitative estimate of drug-likeness (QED) is 0.625. The van der Waals surface area contributed by atoms with Crippen molar-refractivity contribution in [3.05, 3.63) is 70.4 Å². The third-order valence-electron chi connectivity index (χ3n) is 6.03. The van der Waals surface area contributed by atoms with Crippen molar-refractivity contribution in [1.29, 1.82) is 0 Å². The van der Waals surface area contributed by atoms with Gasteiger partial charge in [-0.2, -0.15) is 0 Å². The van der Waals surface area contributed by atoms with Gasteiger partial charge in [0, 0.05) is 42.1 Å². The Morgan fingerprint density at radius 1 is 1.04 bits per heavy atom. The fourth-order valence-corrected chi connectivity index (χ4v) is 4.56. The molecule has 2 aromatic carbocycles. The van der Waals surface area contributed by atoms with Crippen LogP contribution in [0.3, 0.4) is 0 Å². The highest BCUT2D eigenvalue weighted by Crippen LogP contribution is 2.33. The zero-order valence-electron chi connectivity index (χ0n) is 16.5. The van der Waals surface area contributed by atoms with Gasteiger partial charge in [-0.25, -0.2) is 0 Å². The van der Waals surface area contributed by atoms with Crippen LogP contribution < -0.4 is 0 Å². The van der Waals surface area contributed by atoms with Gasteiger partial charge in [-0.3, -0.25) is 4.90 Å². The summed E-state index contributed by atoms with van der Waals surface area (Å²) in [5.41, 5.74) is 8.69. The first-order valence-electron chi connectivity index (χ1n) is 9.97. The smallest absolute Gasteiger partial charge is 0.0486 e. The molecule has 0 amide bonds. The molecule has 136 valence electrons. The molecule has 0 saturated carbocycles. The van der Waals surface area contributed by atoms with Crippen molar-refractivity contribution in [1.82, 2.24) is 9.47 Å². The van der Waals surface area contributed by atoms with E-state index in [9.17, 15) is 0 Å². The second-order valence-electron chi connectivity index (χ2n) is 7.95. The summed E-state index contributed by atoms with van der Waals surface area (Å²) >= 11 is 0. The summed E-state index contributed by atoms with van der Waals surface area (Å²) in [7, 11) is 0. The molecule has 3 aromatic rings. The van der Waals surface area contributed by atoms with Crippen molar-refractivity contribution in [2.24, 2.45) is 0 Å². The summed E-state index contributed by atoms with van der Waals surface area (Å²) in [5, 5.41) is 1.47. The lowest BCUT2D eigenvalue weighted by Gasteiger charge is -2.33. The minimum absolute atomic E-state index is 0.621. The average molecular weight is 347 g/mol. The highest BCUT2D eigenvalue weighted by Gasteiger charge is 2.27. The summed E-state index contributed by atoms with van der Waals surface area (Å²) in [4.78, 5) is 2.61. The van der Waals surface area contributed by atoms with Gasteiger partial charge < -0.3 is 4.57 Å². The highest BCUT2D eigenvalue weighted by molar-refractivity contribution is 5.86. The Morgan fingerprint density at radius 2 is 1.85 bits per heavy atom. The number of aromatic nitrogens is 1. The van der Waals surface area contributed by atoms with Gasteiger partial charge in [0.25, 0.3) is 0 Å². The number of benzene rings is 2. The molecule has 0 N–H and O–H groups in total. The van der Waals surface area contributed by atoms with Gasteiger partial charge in [0.1, 0.15) is 0 Å². The number of hydrogen-bond donors (Lipinski definition) is 0. The molecule has 2 nitrogen and oxygen atoms in total. The SMILES string of the molecule is CCN1Cc2c(n(CCc3cccc(C)c3)c3ccc(C)cc23)CC1C. The van der Waals surface area contributed by atoms with Crippen molar-refractivity contribution in [2.75, 3.05) is 6.54 Å². The van der Waals surface area contributed by atoms with E-state index in [1.807, 2.05) is 0 Å². The predicted octanol–water partition coefficient (Wildman–Crippen LogP) is 5.27. The molecule has 0 bridgehead atoms. The molecule has 2 heteroatoms. The largest absolute Gasteiger partial charge is 0.344 e. The Morgan fingerprint density at radius 3 is 2.62 bits per heavy atom. The molecular formula is C24H30N2. The lowest BCUT2D eigenvalue weighted by atomic mass is 9.98. The first-order chi connectivity index (χ1) is 12.6. The second-order valence-corrected chi connectivity index (χ2v) is 7.95. The maximum atomic E-state index is 2.61. The van der Waals surface area contributed by atoms with Crippen molar-refractivity contribution in [3.8, 4) is 0 Å². The average Bonchev–Trinajstić information content (AvgIpc) is 2.91. The van der Waals surface area contributed by atoms with Gasteiger partial charge in [-0.05, 0) is 57.0 Å². The van der Waals surface area contributed by atoms with Crippen LogP contribution >= 0.6 is 0 Å². The van der Waals surface area contributed by atoms with Gasteiger partial charge in [0.2, 0.25) is 0 Å². The van der Waals surface area contributed by atoms with Gasteiger partial charge in [-0.15, -0.1) is 0 Å². The second kappa shape index (κ2) is 6.92. The van der Waals surface area contributed by atoms with Crippen LogP contribution in [0.15, 0.2) is 42.5 Å². The van der Waals surface area contributed by atoms with E-state index in [4.69, 9.17) is 0 Å². The Bertz CT molecular complexity index is 935. The molecular weight excluding hydrogens is 316 g/mol. The van der Waals surface area contributed by atoms with Gasteiger partial charge >= 0.3 is 0 Å². The third-order valence-corrected chi connectivity index (χ3v) is 6.03. The maximum Gasteiger partial charge on any atom is 0.0486 e. The topological polar surface area (TPSA) is 8.17 Å². The molecule has 0 aliphatic carbocycles. The number of nitrogens with zero attached hydrogens (tertiary/aromatic N) is 2. The molecule has 1 aromatic heterocycles. The summed E-state index contributed by atoms with van der Waals surface area (Å²) < 4.78 is 2.61. The minimum Gasteiger partial charge on any atom is -0.344 e. The fourth-order valence-electron chi connectivity index (χ4n) is 4.56. The Hall–Kier alpha value is -2.06. The number of hydrogen-bond acceptors (Lipinski definition) is 1. The van der Waals surface area contributed by atoms with Crippen LogP contribution in [0.2, 0.25) is 0 Å². The van der Waals surface area contributed by atoms with Gasteiger partial charge in [-0.1, -0.05) is 48.4 Å². The number of likely N-dealkylation sites (N-methyl/N-ethyl adjacent to an activating group) is 1. The zero-order valence-corrected chi connectivity index (χ0v) is 16.5. The fraction of sp³-hybridized carbons (Fsp3) is 0.417. The van der Waals surface area contributed by atoms with Crippen LogP contribution in [0.25, 0.3) is 10.9 Å². The molecule has 4 rings (SSSR count). The summed E-state index contributed by atoms with van der Waals surface area (Å²) in [6, 6.07) is 16.5. The Balaban J connectivity index is 1.75. The zero-order chi connectivity index (χ0) is 18.3. The van der Waals surface area contributed by atoms with Crippen LogP contribution in [-0.2, 0) is 25.9 Å². The van der Waals surface area contributed by atoms with E-state index in [1.165, 1.54) is 27.6 Å². The summed E-state index contributed by atoms with van der Waals surface area (Å²) in [6.07, 6.45) is 2.25. The normalized spacial score (nSPS) is 17.6. The lowest BCUT2D eigenvalue weighted by Crippen LogP contribution is -2.38. The van der Waals surface area contributed by atoms with Crippen LogP contribution in [-0.4, -0.2) is 22.1 Å². The van der Waals surface area contributed by atoms with Crippen molar-refractivity contribution < 1.29 is 0 Å². The van der Waals surface area contributed by atoms with Crippen LogP contribution in [0.1, 0.15) is 41.8 Å². The molecule has 1 aliphatic rings. The predicted molar refractivity (Wildman–Crippen MR) is 111 cm³/mol. The van der Waals surface area contributed by atoms with E-state index in [-0.39, 0.29) is 0 Å². The van der Waals surface area contributed by atoms with Crippen LogP contribution in [0.5, 0.6) is 0 Å². The van der Waals surface area contributed by atoms with Crippen LogP contribution in [0.4, 0.5) is 0 Å². The van der Waals surface area contributed by atoms with Crippen molar-refractivity contribution in [3.63, 3.8) is 0 Å². The molecule has 1 unspecified atom stereocenters. The van der Waals surface area contributed by atoms with E-state index in [1.54, 1.807) is 11.3 Å². The van der Waals surface area contributed by atoms with Gasteiger partial charge in [0.05, 0.1) is 0 Å². The monoisotopic (exact) mass is 346 g/mol. The first kappa shape index (κ1) is 17.4. The van der Waals surface area contributed by atoms with Crippen molar-refractivity contribution in [2.45, 2.75) is 59.7 Å². The van der Waals surface area contributed by atoms with Crippen LogP contribution in [0, 0.1) is 13.8 Å².